The highest BCUT2D eigenvalue weighted by Crippen LogP contribution is 2.35. The first-order chi connectivity index (χ1) is 15.0. The van der Waals surface area contributed by atoms with Crippen molar-refractivity contribution in [3.8, 4) is 0 Å². The van der Waals surface area contributed by atoms with Gasteiger partial charge >= 0.3 is 0 Å². The van der Waals surface area contributed by atoms with Crippen molar-refractivity contribution in [1.82, 2.24) is 24.3 Å². The smallest absolute Gasteiger partial charge is 0.284 e. The van der Waals surface area contributed by atoms with Crippen LogP contribution in [0, 0.1) is 5.82 Å². The van der Waals surface area contributed by atoms with Gasteiger partial charge in [-0.05, 0) is 49.2 Å². The fraction of sp³-hybridized carbons (Fsp3) is 0.318. The van der Waals surface area contributed by atoms with E-state index in [1.807, 2.05) is 0 Å². The maximum atomic E-state index is 13.1. The summed E-state index contributed by atoms with van der Waals surface area (Å²) in [5.74, 6) is -1.04. The first kappa shape index (κ1) is 19.3. The van der Waals surface area contributed by atoms with Crippen LogP contribution in [0.15, 0.2) is 47.4 Å². The number of amides is 2. The zero-order valence-electron chi connectivity index (χ0n) is 16.7. The summed E-state index contributed by atoms with van der Waals surface area (Å²) in [6, 6.07) is 8.92. The van der Waals surface area contributed by atoms with Crippen LogP contribution in [0.4, 0.5) is 4.39 Å². The first-order valence-electron chi connectivity index (χ1n) is 10.2. The van der Waals surface area contributed by atoms with E-state index >= 15 is 0 Å². The van der Waals surface area contributed by atoms with Gasteiger partial charge in [-0.15, -0.1) is 0 Å². The second-order valence-electron chi connectivity index (χ2n) is 7.80. The number of fused-ring (bicyclic) bond motifs is 1. The normalized spacial score (nSPS) is 16.5. The average Bonchev–Trinajstić information content (AvgIpc) is 3.63. The van der Waals surface area contributed by atoms with Gasteiger partial charge in [0.05, 0.1) is 0 Å². The molecule has 2 aromatic heterocycles. The number of carbonyl (C=O) groups is 2. The molecule has 1 aromatic carbocycles. The molecule has 1 saturated carbocycles. The quantitative estimate of drug-likeness (QED) is 0.644. The lowest BCUT2D eigenvalue weighted by Gasteiger charge is -2.34. The molecule has 1 aliphatic carbocycles. The molecule has 3 heterocycles. The number of benzene rings is 1. The van der Waals surface area contributed by atoms with E-state index in [9.17, 15) is 18.8 Å². The van der Waals surface area contributed by atoms with Gasteiger partial charge in [-0.2, -0.15) is 0 Å². The third-order valence-electron chi connectivity index (χ3n) is 5.71. The van der Waals surface area contributed by atoms with E-state index in [1.165, 1.54) is 24.3 Å². The molecule has 31 heavy (non-hydrogen) atoms. The minimum atomic E-state index is -0.431. The second kappa shape index (κ2) is 7.57. The van der Waals surface area contributed by atoms with E-state index in [4.69, 9.17) is 0 Å². The van der Waals surface area contributed by atoms with Crippen molar-refractivity contribution in [1.29, 1.82) is 0 Å². The highest BCUT2D eigenvalue weighted by Gasteiger charge is 2.32. The molecule has 5 rings (SSSR count). The Morgan fingerprint density at radius 3 is 2.23 bits per heavy atom. The molecule has 0 unspecified atom stereocenters. The van der Waals surface area contributed by atoms with Gasteiger partial charge in [0, 0.05) is 44.0 Å². The van der Waals surface area contributed by atoms with Crippen LogP contribution in [0.25, 0.3) is 11.2 Å². The Hall–Kier alpha value is -3.62. The molecule has 9 heteroatoms. The van der Waals surface area contributed by atoms with Crippen molar-refractivity contribution in [3.05, 3.63) is 70.0 Å². The Bertz CT molecular complexity index is 1230. The van der Waals surface area contributed by atoms with E-state index < -0.39 is 17.3 Å². The maximum absolute atomic E-state index is 13.1. The molecule has 2 aliphatic rings. The number of carbonyl (C=O) groups excluding carboxylic acids is 2. The molecule has 1 aliphatic heterocycles. The minimum Gasteiger partial charge on any atom is -0.335 e. The summed E-state index contributed by atoms with van der Waals surface area (Å²) in [5, 5.41) is 0. The molecule has 0 bridgehead atoms. The summed E-state index contributed by atoms with van der Waals surface area (Å²) < 4.78 is 14.7. The van der Waals surface area contributed by atoms with Crippen LogP contribution in [-0.4, -0.2) is 62.3 Å². The molecule has 0 radical (unpaired) electrons. The van der Waals surface area contributed by atoms with E-state index in [0.29, 0.717) is 42.9 Å². The van der Waals surface area contributed by atoms with Crippen molar-refractivity contribution >= 4 is 23.0 Å². The number of hydrogen-bond donors (Lipinski definition) is 0. The molecule has 0 atom stereocenters. The standard InChI is InChI=1S/C22H20FN5O3/c23-15-5-3-14(4-6-15)20(29)26-10-12-27(13-11-26)21(30)18-22(31)28(16-7-8-16)19-17(25-18)2-1-9-24-19/h1-6,9,16H,7-8,10-13H2. The second-order valence-corrected chi connectivity index (χ2v) is 7.80. The highest BCUT2D eigenvalue weighted by molar-refractivity contribution is 5.95. The lowest BCUT2D eigenvalue weighted by Crippen LogP contribution is -2.51. The average molecular weight is 421 g/mol. The van der Waals surface area contributed by atoms with Gasteiger partial charge in [0.1, 0.15) is 11.3 Å². The molecular weight excluding hydrogens is 401 g/mol. The van der Waals surface area contributed by atoms with Crippen molar-refractivity contribution in [3.63, 3.8) is 0 Å². The molecular formula is C22H20FN5O3. The third-order valence-corrected chi connectivity index (χ3v) is 5.71. The molecule has 158 valence electrons. The summed E-state index contributed by atoms with van der Waals surface area (Å²) >= 11 is 0. The van der Waals surface area contributed by atoms with Crippen molar-refractivity contribution in [2.75, 3.05) is 26.2 Å². The van der Waals surface area contributed by atoms with Gasteiger partial charge < -0.3 is 9.80 Å². The van der Waals surface area contributed by atoms with E-state index in [1.54, 1.807) is 32.7 Å². The molecule has 3 aromatic rings. The molecule has 2 fully saturated rings. The fourth-order valence-corrected chi connectivity index (χ4v) is 3.89. The summed E-state index contributed by atoms with van der Waals surface area (Å²) in [6.45, 7) is 1.24. The Kier molecular flexibility index (Phi) is 4.72. The van der Waals surface area contributed by atoms with Gasteiger partial charge in [0.2, 0.25) is 0 Å². The van der Waals surface area contributed by atoms with Crippen LogP contribution in [-0.2, 0) is 0 Å². The number of aromatic nitrogens is 3. The Labute approximate surface area is 176 Å². The largest absolute Gasteiger partial charge is 0.335 e. The fourth-order valence-electron chi connectivity index (χ4n) is 3.89. The monoisotopic (exact) mass is 421 g/mol. The predicted molar refractivity (Wildman–Crippen MR) is 110 cm³/mol. The van der Waals surface area contributed by atoms with Gasteiger partial charge in [-0.3, -0.25) is 19.0 Å². The SMILES string of the molecule is O=C(c1ccc(F)cc1)N1CCN(C(=O)c2nc3cccnc3n(C3CC3)c2=O)CC1. The van der Waals surface area contributed by atoms with Crippen molar-refractivity contribution < 1.29 is 14.0 Å². The Morgan fingerprint density at radius 2 is 1.58 bits per heavy atom. The maximum Gasteiger partial charge on any atom is 0.284 e. The van der Waals surface area contributed by atoms with Crippen LogP contribution < -0.4 is 5.56 Å². The van der Waals surface area contributed by atoms with Crippen molar-refractivity contribution in [2.45, 2.75) is 18.9 Å². The number of halogens is 1. The van der Waals surface area contributed by atoms with E-state index in [2.05, 4.69) is 9.97 Å². The lowest BCUT2D eigenvalue weighted by atomic mass is 10.1. The number of nitrogens with zero attached hydrogens (tertiary/aromatic N) is 5. The number of rotatable bonds is 3. The van der Waals surface area contributed by atoms with Crippen molar-refractivity contribution in [2.24, 2.45) is 0 Å². The summed E-state index contributed by atoms with van der Waals surface area (Å²) in [7, 11) is 0. The van der Waals surface area contributed by atoms with Gasteiger partial charge in [-0.25, -0.2) is 14.4 Å². The zero-order chi connectivity index (χ0) is 21.5. The number of hydrogen-bond acceptors (Lipinski definition) is 5. The number of pyridine rings is 1. The molecule has 0 N–H and O–H groups in total. The molecule has 0 spiro atoms. The van der Waals surface area contributed by atoms with Crippen LogP contribution in [0.2, 0.25) is 0 Å². The topological polar surface area (TPSA) is 88.4 Å². The van der Waals surface area contributed by atoms with Crippen LogP contribution in [0.1, 0.15) is 39.7 Å². The highest BCUT2D eigenvalue weighted by atomic mass is 19.1. The van der Waals surface area contributed by atoms with Gasteiger partial charge in [0.15, 0.2) is 11.3 Å². The summed E-state index contributed by atoms with van der Waals surface area (Å²) in [6.07, 6.45) is 3.38. The minimum absolute atomic E-state index is 0.0598. The first-order valence-corrected chi connectivity index (χ1v) is 10.2. The third kappa shape index (κ3) is 3.56. The zero-order valence-corrected chi connectivity index (χ0v) is 16.7. The Balaban J connectivity index is 1.36. The van der Waals surface area contributed by atoms with E-state index in [-0.39, 0.29) is 17.6 Å². The van der Waals surface area contributed by atoms with Crippen LogP contribution in [0.3, 0.4) is 0 Å². The lowest BCUT2D eigenvalue weighted by molar-refractivity contribution is 0.0531. The Morgan fingerprint density at radius 1 is 0.935 bits per heavy atom. The van der Waals surface area contributed by atoms with Gasteiger partial charge in [0.25, 0.3) is 17.4 Å². The van der Waals surface area contributed by atoms with Crippen LogP contribution in [0.5, 0.6) is 0 Å². The molecule has 2 amide bonds. The van der Waals surface area contributed by atoms with E-state index in [0.717, 1.165) is 12.8 Å². The molecule has 8 nitrogen and oxygen atoms in total. The summed E-state index contributed by atoms with van der Waals surface area (Å²) in [5.41, 5.74) is 0.898. The van der Waals surface area contributed by atoms with Crippen LogP contribution >= 0.6 is 0 Å². The number of piperazine rings is 1. The molecule has 1 saturated heterocycles. The van der Waals surface area contributed by atoms with Gasteiger partial charge in [-0.1, -0.05) is 0 Å². The summed E-state index contributed by atoms with van der Waals surface area (Å²) in [4.78, 5) is 50.6. The predicted octanol–water partition coefficient (Wildman–Crippen LogP) is 1.86.